The lowest BCUT2D eigenvalue weighted by Crippen LogP contribution is -2.26. The van der Waals surface area contributed by atoms with Gasteiger partial charge in [-0.15, -0.1) is 0 Å². The summed E-state index contributed by atoms with van der Waals surface area (Å²) in [5, 5.41) is 6.66. The van der Waals surface area contributed by atoms with Crippen molar-refractivity contribution in [3.63, 3.8) is 0 Å². The third-order valence-corrected chi connectivity index (χ3v) is 5.22. The number of carbonyl (C=O) groups is 1. The number of sulfone groups is 1. The fourth-order valence-electron chi connectivity index (χ4n) is 2.17. The topological polar surface area (TPSA) is 81.1 Å². The number of amides is 1. The minimum absolute atomic E-state index is 0.287. The predicted molar refractivity (Wildman–Crippen MR) is 77.8 cm³/mol. The molecule has 1 aromatic heterocycles. The minimum atomic E-state index is -4.57. The van der Waals surface area contributed by atoms with Gasteiger partial charge < -0.3 is 5.32 Å². The maximum atomic E-state index is 12.1. The Labute approximate surface area is 132 Å². The van der Waals surface area contributed by atoms with Crippen LogP contribution in [0.1, 0.15) is 37.4 Å². The molecule has 0 saturated heterocycles. The zero-order chi connectivity index (χ0) is 17.3. The summed E-state index contributed by atoms with van der Waals surface area (Å²) >= 11 is 0. The van der Waals surface area contributed by atoms with Crippen molar-refractivity contribution < 1.29 is 26.4 Å². The molecule has 1 aliphatic carbocycles. The van der Waals surface area contributed by atoms with Crippen LogP contribution in [0.2, 0.25) is 0 Å². The standard InChI is InChI=1S/C13H18F3N3O3S/c1-9-11(7-19(18-9)10-3-2-4-10)17-12(20)8-23(21,22)6-5-13(14,15)16/h7,10H,2-6,8H2,1H3,(H,17,20). The molecule has 0 aliphatic heterocycles. The number of anilines is 1. The van der Waals surface area contributed by atoms with Gasteiger partial charge in [0.25, 0.3) is 0 Å². The van der Waals surface area contributed by atoms with Gasteiger partial charge in [0.05, 0.1) is 29.6 Å². The number of hydrogen-bond acceptors (Lipinski definition) is 4. The summed E-state index contributed by atoms with van der Waals surface area (Å²) in [5.41, 5.74) is 0.922. The van der Waals surface area contributed by atoms with Crippen LogP contribution in [-0.4, -0.2) is 41.8 Å². The maximum Gasteiger partial charge on any atom is 0.390 e. The van der Waals surface area contributed by atoms with E-state index in [2.05, 4.69) is 10.4 Å². The van der Waals surface area contributed by atoms with Crippen LogP contribution in [0.15, 0.2) is 6.20 Å². The van der Waals surface area contributed by atoms with Crippen LogP contribution < -0.4 is 5.32 Å². The van der Waals surface area contributed by atoms with Crippen LogP contribution in [-0.2, 0) is 14.6 Å². The lowest BCUT2D eigenvalue weighted by Gasteiger charge is -2.25. The Morgan fingerprint density at radius 1 is 1.43 bits per heavy atom. The Kier molecular flexibility index (Phi) is 5.02. The maximum absolute atomic E-state index is 12.1. The number of nitrogens with one attached hydrogen (secondary N) is 1. The molecule has 0 atom stereocenters. The number of alkyl halides is 3. The highest BCUT2D eigenvalue weighted by atomic mass is 32.2. The zero-order valence-electron chi connectivity index (χ0n) is 12.6. The molecule has 1 aromatic rings. The molecule has 0 unspecified atom stereocenters. The molecule has 23 heavy (non-hydrogen) atoms. The molecular formula is C13H18F3N3O3S. The number of rotatable bonds is 6. The van der Waals surface area contributed by atoms with E-state index in [1.807, 2.05) is 0 Å². The van der Waals surface area contributed by atoms with Crippen molar-refractivity contribution in [2.45, 2.75) is 44.8 Å². The summed E-state index contributed by atoms with van der Waals surface area (Å²) in [6, 6.07) is 0.287. The molecule has 10 heteroatoms. The molecule has 2 rings (SSSR count). The second-order valence-corrected chi connectivity index (χ2v) is 7.88. The van der Waals surface area contributed by atoms with E-state index in [0.29, 0.717) is 11.4 Å². The van der Waals surface area contributed by atoms with Gasteiger partial charge in [0.1, 0.15) is 5.75 Å². The predicted octanol–water partition coefficient (Wildman–Crippen LogP) is 2.22. The highest BCUT2D eigenvalue weighted by Crippen LogP contribution is 2.32. The van der Waals surface area contributed by atoms with E-state index in [-0.39, 0.29) is 6.04 Å². The van der Waals surface area contributed by atoms with Gasteiger partial charge in [-0.3, -0.25) is 9.48 Å². The van der Waals surface area contributed by atoms with Crippen LogP contribution in [0.4, 0.5) is 18.9 Å². The zero-order valence-corrected chi connectivity index (χ0v) is 13.4. The second kappa shape index (κ2) is 6.50. The van der Waals surface area contributed by atoms with Crippen LogP contribution in [0.5, 0.6) is 0 Å². The fraction of sp³-hybridized carbons (Fsp3) is 0.692. The smallest absolute Gasteiger partial charge is 0.322 e. The highest BCUT2D eigenvalue weighted by Gasteiger charge is 2.31. The molecule has 130 valence electrons. The second-order valence-electron chi connectivity index (χ2n) is 5.70. The first-order chi connectivity index (χ1) is 10.6. The molecule has 1 heterocycles. The lowest BCUT2D eigenvalue weighted by molar-refractivity contribution is -0.130. The van der Waals surface area contributed by atoms with E-state index in [0.717, 1.165) is 19.3 Å². The van der Waals surface area contributed by atoms with Crippen molar-refractivity contribution >= 4 is 21.4 Å². The van der Waals surface area contributed by atoms with E-state index < -0.39 is 39.8 Å². The first-order valence-electron chi connectivity index (χ1n) is 7.18. The summed E-state index contributed by atoms with van der Waals surface area (Å²) in [7, 11) is -4.11. The molecule has 1 amide bonds. The van der Waals surface area contributed by atoms with E-state index in [1.165, 1.54) is 0 Å². The van der Waals surface area contributed by atoms with Gasteiger partial charge in [0.15, 0.2) is 9.84 Å². The average Bonchev–Trinajstić information content (AvgIpc) is 2.64. The van der Waals surface area contributed by atoms with E-state index >= 15 is 0 Å². The van der Waals surface area contributed by atoms with Crippen molar-refractivity contribution in [2.24, 2.45) is 0 Å². The molecule has 0 radical (unpaired) electrons. The van der Waals surface area contributed by atoms with Crippen molar-refractivity contribution in [2.75, 3.05) is 16.8 Å². The molecule has 0 spiro atoms. The molecule has 6 nitrogen and oxygen atoms in total. The summed E-state index contributed by atoms with van der Waals surface area (Å²) in [4.78, 5) is 11.8. The van der Waals surface area contributed by atoms with Gasteiger partial charge in [-0.05, 0) is 26.2 Å². The normalized spacial score (nSPS) is 16.2. The molecule has 1 saturated carbocycles. The molecule has 0 aromatic carbocycles. The summed E-state index contributed by atoms with van der Waals surface area (Å²) < 4.78 is 61.0. The average molecular weight is 353 g/mol. The van der Waals surface area contributed by atoms with Gasteiger partial charge in [-0.2, -0.15) is 18.3 Å². The number of aryl methyl sites for hydroxylation is 1. The van der Waals surface area contributed by atoms with Crippen molar-refractivity contribution in [1.82, 2.24) is 9.78 Å². The van der Waals surface area contributed by atoms with E-state index in [4.69, 9.17) is 0 Å². The summed E-state index contributed by atoms with van der Waals surface area (Å²) in [6.07, 6.45) is -1.28. The summed E-state index contributed by atoms with van der Waals surface area (Å²) in [6.45, 7) is 1.67. The van der Waals surface area contributed by atoms with Crippen LogP contribution >= 0.6 is 0 Å². The van der Waals surface area contributed by atoms with E-state index in [9.17, 15) is 26.4 Å². The number of halogens is 3. The number of nitrogens with zero attached hydrogens (tertiary/aromatic N) is 2. The third-order valence-electron chi connectivity index (χ3n) is 3.69. The Balaban J connectivity index is 1.92. The fourth-order valence-corrected chi connectivity index (χ4v) is 3.33. The van der Waals surface area contributed by atoms with Gasteiger partial charge in [-0.1, -0.05) is 0 Å². The SMILES string of the molecule is Cc1nn(C2CCC2)cc1NC(=O)CS(=O)(=O)CCC(F)(F)F. The molecular weight excluding hydrogens is 335 g/mol. The van der Waals surface area contributed by atoms with Gasteiger partial charge in [0.2, 0.25) is 5.91 Å². The third kappa shape index (κ3) is 5.22. The van der Waals surface area contributed by atoms with Crippen LogP contribution in [0.3, 0.4) is 0 Å². The molecule has 1 N–H and O–H groups in total. The monoisotopic (exact) mass is 353 g/mol. The first kappa shape index (κ1) is 17.8. The Morgan fingerprint density at radius 2 is 2.09 bits per heavy atom. The summed E-state index contributed by atoms with van der Waals surface area (Å²) in [5.74, 6) is -2.93. The number of hydrogen-bond donors (Lipinski definition) is 1. The highest BCUT2D eigenvalue weighted by molar-refractivity contribution is 7.92. The Hall–Kier alpha value is -1.58. The largest absolute Gasteiger partial charge is 0.390 e. The quantitative estimate of drug-likeness (QED) is 0.850. The number of carbonyl (C=O) groups excluding carboxylic acids is 1. The van der Waals surface area contributed by atoms with Crippen molar-refractivity contribution in [3.05, 3.63) is 11.9 Å². The molecule has 1 aliphatic rings. The van der Waals surface area contributed by atoms with Gasteiger partial charge in [0, 0.05) is 6.20 Å². The number of aromatic nitrogens is 2. The van der Waals surface area contributed by atoms with Crippen molar-refractivity contribution in [3.8, 4) is 0 Å². The minimum Gasteiger partial charge on any atom is -0.322 e. The Morgan fingerprint density at radius 3 is 2.61 bits per heavy atom. The van der Waals surface area contributed by atoms with Crippen LogP contribution in [0, 0.1) is 6.92 Å². The van der Waals surface area contributed by atoms with Gasteiger partial charge >= 0.3 is 6.18 Å². The van der Waals surface area contributed by atoms with Crippen LogP contribution in [0.25, 0.3) is 0 Å². The van der Waals surface area contributed by atoms with E-state index in [1.54, 1.807) is 17.8 Å². The lowest BCUT2D eigenvalue weighted by atomic mass is 9.93. The van der Waals surface area contributed by atoms with Gasteiger partial charge in [-0.25, -0.2) is 8.42 Å². The molecule has 0 bridgehead atoms. The molecule has 1 fully saturated rings. The Bertz CT molecular complexity index is 678. The first-order valence-corrected chi connectivity index (χ1v) is 9.01. The van der Waals surface area contributed by atoms with Crippen molar-refractivity contribution in [1.29, 1.82) is 0 Å².